The molecule has 7 heteroatoms. The minimum absolute atomic E-state index is 0.212. The summed E-state index contributed by atoms with van der Waals surface area (Å²) in [6.45, 7) is 1.92. The molecule has 0 aliphatic rings. The number of nitrogens with zero attached hydrogens (tertiary/aromatic N) is 3. The molecule has 150 valence electrons. The Bertz CT molecular complexity index is 1250. The fourth-order valence-electron chi connectivity index (χ4n) is 3.01. The Morgan fingerprint density at radius 1 is 1.07 bits per heavy atom. The summed E-state index contributed by atoms with van der Waals surface area (Å²) in [6.07, 6.45) is 3.28. The third kappa shape index (κ3) is 4.18. The highest BCUT2D eigenvalue weighted by Gasteiger charge is 2.11. The van der Waals surface area contributed by atoms with Gasteiger partial charge in [-0.1, -0.05) is 41.9 Å². The molecule has 0 unspecified atom stereocenters. The number of aryl methyl sites for hydroxylation is 1. The number of halogens is 1. The Kier molecular flexibility index (Phi) is 5.50. The maximum atomic E-state index is 12.3. The van der Waals surface area contributed by atoms with Crippen LogP contribution in [0.15, 0.2) is 66.7 Å². The van der Waals surface area contributed by atoms with Gasteiger partial charge in [0.15, 0.2) is 0 Å². The first kappa shape index (κ1) is 19.7. The van der Waals surface area contributed by atoms with Crippen LogP contribution in [0.3, 0.4) is 0 Å². The summed E-state index contributed by atoms with van der Waals surface area (Å²) in [5.41, 5.74) is 4.63. The summed E-state index contributed by atoms with van der Waals surface area (Å²) >= 11 is 6.21. The fraction of sp³-hybridized carbons (Fsp3) is 0.0870. The lowest BCUT2D eigenvalue weighted by Gasteiger charge is -2.05. The third-order valence-electron chi connectivity index (χ3n) is 4.58. The van der Waals surface area contributed by atoms with Crippen LogP contribution < -0.4 is 10.1 Å². The molecule has 0 spiro atoms. The molecule has 3 aromatic carbocycles. The van der Waals surface area contributed by atoms with Crippen molar-refractivity contribution in [3.8, 4) is 11.4 Å². The molecule has 0 bridgehead atoms. The molecule has 1 amide bonds. The quantitative estimate of drug-likeness (QED) is 0.461. The molecule has 30 heavy (non-hydrogen) atoms. The van der Waals surface area contributed by atoms with Crippen LogP contribution in [-0.4, -0.2) is 28.0 Å². The molecule has 0 fully saturated rings. The van der Waals surface area contributed by atoms with Crippen LogP contribution in [0.1, 0.15) is 11.1 Å². The number of rotatable bonds is 5. The van der Waals surface area contributed by atoms with Crippen LogP contribution in [0.2, 0.25) is 5.02 Å². The zero-order valence-corrected chi connectivity index (χ0v) is 17.2. The number of methoxy groups -OCH3 is 1. The van der Waals surface area contributed by atoms with E-state index in [9.17, 15) is 4.79 Å². The van der Waals surface area contributed by atoms with Crippen molar-refractivity contribution in [3.05, 3.63) is 82.9 Å². The molecule has 0 aliphatic heterocycles. The molecular formula is C23H19ClN4O2. The lowest BCUT2D eigenvalue weighted by molar-refractivity contribution is -0.111. The van der Waals surface area contributed by atoms with Gasteiger partial charge in [-0.2, -0.15) is 4.80 Å². The van der Waals surface area contributed by atoms with Crippen LogP contribution in [0.25, 0.3) is 22.8 Å². The van der Waals surface area contributed by atoms with E-state index in [2.05, 4.69) is 15.5 Å². The van der Waals surface area contributed by atoms with Crippen LogP contribution in [0, 0.1) is 6.92 Å². The van der Waals surface area contributed by atoms with Crippen LogP contribution in [-0.2, 0) is 4.79 Å². The average molecular weight is 419 g/mol. The molecule has 0 atom stereocenters. The first-order chi connectivity index (χ1) is 14.5. The maximum Gasteiger partial charge on any atom is 0.248 e. The first-order valence-electron chi connectivity index (χ1n) is 9.29. The van der Waals surface area contributed by atoms with Crippen LogP contribution >= 0.6 is 11.6 Å². The van der Waals surface area contributed by atoms with Gasteiger partial charge in [0.25, 0.3) is 0 Å². The molecule has 4 rings (SSSR count). The predicted octanol–water partition coefficient (Wildman–Crippen LogP) is 5.04. The van der Waals surface area contributed by atoms with Crippen molar-refractivity contribution in [3.63, 3.8) is 0 Å². The van der Waals surface area contributed by atoms with Gasteiger partial charge in [0, 0.05) is 11.8 Å². The van der Waals surface area contributed by atoms with E-state index in [0.29, 0.717) is 27.7 Å². The minimum atomic E-state index is -0.212. The molecule has 1 aromatic heterocycles. The second-order valence-electron chi connectivity index (χ2n) is 6.70. The van der Waals surface area contributed by atoms with Crippen molar-refractivity contribution in [2.24, 2.45) is 0 Å². The van der Waals surface area contributed by atoms with Crippen molar-refractivity contribution in [2.75, 3.05) is 12.4 Å². The number of nitrogens with one attached hydrogen (secondary N) is 1. The summed E-state index contributed by atoms with van der Waals surface area (Å²) in [4.78, 5) is 13.8. The second-order valence-corrected chi connectivity index (χ2v) is 7.10. The molecule has 1 heterocycles. The van der Waals surface area contributed by atoms with Crippen LogP contribution in [0.5, 0.6) is 5.75 Å². The van der Waals surface area contributed by atoms with Crippen LogP contribution in [0.4, 0.5) is 5.69 Å². The van der Waals surface area contributed by atoms with Gasteiger partial charge in [-0.05, 0) is 54.5 Å². The number of fused-ring (bicyclic) bond motifs is 1. The molecule has 4 aromatic rings. The van der Waals surface area contributed by atoms with Gasteiger partial charge < -0.3 is 10.1 Å². The van der Waals surface area contributed by atoms with Gasteiger partial charge in [0.05, 0.1) is 17.8 Å². The average Bonchev–Trinajstić information content (AvgIpc) is 3.16. The van der Waals surface area contributed by atoms with E-state index in [-0.39, 0.29) is 5.91 Å². The molecular weight excluding hydrogens is 400 g/mol. The van der Waals surface area contributed by atoms with E-state index >= 15 is 0 Å². The zero-order valence-electron chi connectivity index (χ0n) is 16.5. The summed E-state index contributed by atoms with van der Waals surface area (Å²) < 4.78 is 5.18. The van der Waals surface area contributed by atoms with Crippen molar-refractivity contribution in [1.29, 1.82) is 0 Å². The zero-order chi connectivity index (χ0) is 21.1. The minimum Gasteiger partial charge on any atom is -0.495 e. The topological polar surface area (TPSA) is 69.0 Å². The first-order valence-corrected chi connectivity index (χ1v) is 9.67. The van der Waals surface area contributed by atoms with Crippen molar-refractivity contribution in [2.45, 2.75) is 6.92 Å². The monoisotopic (exact) mass is 418 g/mol. The smallest absolute Gasteiger partial charge is 0.248 e. The number of ether oxygens (including phenoxy) is 1. The van der Waals surface area contributed by atoms with E-state index in [1.807, 2.05) is 55.5 Å². The summed E-state index contributed by atoms with van der Waals surface area (Å²) in [5, 5.41) is 12.4. The Labute approximate surface area is 178 Å². The lowest BCUT2D eigenvalue weighted by atomic mass is 10.1. The van der Waals surface area contributed by atoms with E-state index in [0.717, 1.165) is 16.6 Å². The number of carbonyl (C=O) groups is 1. The normalized spacial score (nSPS) is 11.2. The van der Waals surface area contributed by atoms with E-state index < -0.39 is 0 Å². The van der Waals surface area contributed by atoms with Gasteiger partial charge >= 0.3 is 0 Å². The van der Waals surface area contributed by atoms with E-state index in [1.54, 1.807) is 25.3 Å². The second kappa shape index (κ2) is 8.39. The molecule has 0 radical (unpaired) electrons. The van der Waals surface area contributed by atoms with Crippen molar-refractivity contribution < 1.29 is 9.53 Å². The number of aromatic nitrogens is 3. The SMILES string of the molecule is COc1ccc(-n2nc3cc(C)c(NC(=O)/C=C/c4ccccc4)cc3n2)cc1Cl. The molecule has 6 nitrogen and oxygen atoms in total. The number of carbonyl (C=O) groups excluding carboxylic acids is 1. The van der Waals surface area contributed by atoms with Gasteiger partial charge in [-0.3, -0.25) is 4.79 Å². The highest BCUT2D eigenvalue weighted by atomic mass is 35.5. The summed E-state index contributed by atoms with van der Waals surface area (Å²) in [6, 6.07) is 18.7. The number of hydrogen-bond donors (Lipinski definition) is 1. The number of benzene rings is 3. The van der Waals surface area contributed by atoms with E-state index in [1.165, 1.54) is 10.9 Å². The fourth-order valence-corrected chi connectivity index (χ4v) is 3.26. The predicted molar refractivity (Wildman–Crippen MR) is 119 cm³/mol. The van der Waals surface area contributed by atoms with Crippen molar-refractivity contribution in [1.82, 2.24) is 15.0 Å². The van der Waals surface area contributed by atoms with E-state index in [4.69, 9.17) is 16.3 Å². The summed E-state index contributed by atoms with van der Waals surface area (Å²) in [5.74, 6) is 0.372. The Balaban J connectivity index is 1.58. The summed E-state index contributed by atoms with van der Waals surface area (Å²) in [7, 11) is 1.56. The van der Waals surface area contributed by atoms with Gasteiger partial charge in [-0.15, -0.1) is 10.2 Å². The molecule has 1 N–H and O–H groups in total. The highest BCUT2D eigenvalue weighted by Crippen LogP contribution is 2.27. The van der Waals surface area contributed by atoms with Crippen molar-refractivity contribution >= 4 is 40.3 Å². The number of hydrogen-bond acceptors (Lipinski definition) is 4. The highest BCUT2D eigenvalue weighted by molar-refractivity contribution is 6.32. The van der Waals surface area contributed by atoms with Gasteiger partial charge in [0.1, 0.15) is 16.8 Å². The Hall–Kier alpha value is -3.64. The third-order valence-corrected chi connectivity index (χ3v) is 4.87. The molecule has 0 aliphatic carbocycles. The molecule has 0 saturated carbocycles. The molecule has 0 saturated heterocycles. The number of anilines is 1. The lowest BCUT2D eigenvalue weighted by Crippen LogP contribution is -2.08. The Morgan fingerprint density at radius 2 is 1.80 bits per heavy atom. The largest absolute Gasteiger partial charge is 0.495 e. The standard InChI is InChI=1S/C23H19ClN4O2/c1-15-12-20-21(27-28(26-20)17-9-10-22(30-2)18(24)13-17)14-19(15)25-23(29)11-8-16-6-4-3-5-7-16/h3-14H,1-2H3,(H,25,29)/b11-8+. The van der Waals surface area contributed by atoms with Gasteiger partial charge in [0.2, 0.25) is 5.91 Å². The van der Waals surface area contributed by atoms with Gasteiger partial charge in [-0.25, -0.2) is 0 Å². The maximum absolute atomic E-state index is 12.3. The Morgan fingerprint density at radius 3 is 2.50 bits per heavy atom. The number of amides is 1.